The van der Waals surface area contributed by atoms with E-state index in [4.69, 9.17) is 5.11 Å². The molecule has 0 radical (unpaired) electrons. The van der Waals surface area contributed by atoms with E-state index < -0.39 is 18.0 Å². The smallest absolute Gasteiger partial charge is 0.325 e. The molecule has 7 nitrogen and oxygen atoms in total. The maximum atomic E-state index is 11.6. The van der Waals surface area contributed by atoms with Gasteiger partial charge in [0.1, 0.15) is 6.54 Å². The van der Waals surface area contributed by atoms with Crippen LogP contribution in [0.4, 0.5) is 4.79 Å². The van der Waals surface area contributed by atoms with Crippen molar-refractivity contribution in [3.63, 3.8) is 0 Å². The van der Waals surface area contributed by atoms with Crippen molar-refractivity contribution in [2.75, 3.05) is 34.3 Å². The molecule has 2 amide bonds. The zero-order valence-electron chi connectivity index (χ0n) is 9.60. The molecule has 0 aromatic heterocycles. The average Bonchev–Trinajstić information content (AvgIpc) is 2.24. The molecule has 0 rings (SSSR count). The number of methoxy groups -OCH3 is 1. The Kier molecular flexibility index (Phi) is 5.91. The zero-order valence-corrected chi connectivity index (χ0v) is 9.60. The van der Waals surface area contributed by atoms with E-state index in [0.29, 0.717) is 0 Å². The Bertz CT molecular complexity index is 279. The van der Waals surface area contributed by atoms with Gasteiger partial charge in [0.25, 0.3) is 0 Å². The first kappa shape index (κ1) is 14.2. The topological polar surface area (TPSA) is 87.2 Å². The van der Waals surface area contributed by atoms with Crippen LogP contribution in [0.3, 0.4) is 0 Å². The largest absolute Gasteiger partial charge is 0.481 e. The molecular formula is C9H16N2O5. The summed E-state index contributed by atoms with van der Waals surface area (Å²) in [4.78, 5) is 35.1. The Labute approximate surface area is 93.6 Å². The van der Waals surface area contributed by atoms with Crippen LogP contribution < -0.4 is 0 Å². The van der Waals surface area contributed by atoms with E-state index in [2.05, 4.69) is 4.74 Å². The van der Waals surface area contributed by atoms with Crippen LogP contribution >= 0.6 is 0 Å². The standard InChI is InChI=1S/C9H16N2O5/c1-10(5-4-7(12)13)9(15)11(2)6-8(14)16-3/h4-6H2,1-3H3,(H,12,13). The molecular weight excluding hydrogens is 216 g/mol. The van der Waals surface area contributed by atoms with E-state index >= 15 is 0 Å². The molecule has 0 saturated heterocycles. The fourth-order valence-corrected chi connectivity index (χ4v) is 0.976. The molecule has 0 aliphatic carbocycles. The van der Waals surface area contributed by atoms with E-state index in [1.54, 1.807) is 0 Å². The Morgan fingerprint density at radius 2 is 1.75 bits per heavy atom. The number of aliphatic carboxylic acids is 1. The molecule has 0 aliphatic heterocycles. The van der Waals surface area contributed by atoms with Gasteiger partial charge in [0.2, 0.25) is 0 Å². The highest BCUT2D eigenvalue weighted by atomic mass is 16.5. The lowest BCUT2D eigenvalue weighted by molar-refractivity contribution is -0.141. The summed E-state index contributed by atoms with van der Waals surface area (Å²) < 4.78 is 4.40. The summed E-state index contributed by atoms with van der Waals surface area (Å²) in [5.74, 6) is -1.50. The van der Waals surface area contributed by atoms with Gasteiger partial charge in [-0.2, -0.15) is 0 Å². The average molecular weight is 232 g/mol. The Morgan fingerprint density at radius 1 is 1.19 bits per heavy atom. The Morgan fingerprint density at radius 3 is 2.19 bits per heavy atom. The predicted molar refractivity (Wildman–Crippen MR) is 54.9 cm³/mol. The third kappa shape index (κ3) is 5.18. The lowest BCUT2D eigenvalue weighted by Crippen LogP contribution is -2.42. The van der Waals surface area contributed by atoms with Crippen LogP contribution in [0.1, 0.15) is 6.42 Å². The third-order valence-corrected chi connectivity index (χ3v) is 1.91. The maximum Gasteiger partial charge on any atom is 0.325 e. The summed E-state index contributed by atoms with van der Waals surface area (Å²) in [5.41, 5.74) is 0. The van der Waals surface area contributed by atoms with Gasteiger partial charge in [-0.1, -0.05) is 0 Å². The predicted octanol–water partition coefficient (Wildman–Crippen LogP) is -0.382. The number of urea groups is 1. The second-order valence-corrected chi connectivity index (χ2v) is 3.28. The van der Waals surface area contributed by atoms with Crippen molar-refractivity contribution in [1.82, 2.24) is 9.80 Å². The van der Waals surface area contributed by atoms with Gasteiger partial charge in [0.15, 0.2) is 0 Å². The molecule has 0 heterocycles. The molecule has 1 N–H and O–H groups in total. The molecule has 0 aromatic rings. The molecule has 0 unspecified atom stereocenters. The number of rotatable bonds is 5. The van der Waals surface area contributed by atoms with E-state index in [1.165, 1.54) is 26.1 Å². The van der Waals surface area contributed by atoms with E-state index in [1.807, 2.05) is 0 Å². The van der Waals surface area contributed by atoms with E-state index in [0.717, 1.165) is 4.90 Å². The van der Waals surface area contributed by atoms with Gasteiger partial charge < -0.3 is 19.6 Å². The number of carbonyl (C=O) groups excluding carboxylic acids is 2. The van der Waals surface area contributed by atoms with Crippen LogP contribution in [0.25, 0.3) is 0 Å². The monoisotopic (exact) mass is 232 g/mol. The molecule has 0 spiro atoms. The third-order valence-electron chi connectivity index (χ3n) is 1.91. The number of esters is 1. The van der Waals surface area contributed by atoms with E-state index in [-0.39, 0.29) is 19.5 Å². The van der Waals surface area contributed by atoms with Crippen molar-refractivity contribution < 1.29 is 24.2 Å². The van der Waals surface area contributed by atoms with Crippen LogP contribution in [-0.4, -0.2) is 67.2 Å². The minimum atomic E-state index is -0.977. The van der Waals surface area contributed by atoms with Gasteiger partial charge in [-0.3, -0.25) is 9.59 Å². The number of carboxylic acids is 1. The second-order valence-electron chi connectivity index (χ2n) is 3.28. The van der Waals surface area contributed by atoms with Crippen LogP contribution in [-0.2, 0) is 14.3 Å². The molecule has 0 bridgehead atoms. The van der Waals surface area contributed by atoms with E-state index in [9.17, 15) is 14.4 Å². The van der Waals surface area contributed by atoms with Crippen molar-refractivity contribution in [2.45, 2.75) is 6.42 Å². The quantitative estimate of drug-likeness (QED) is 0.653. The van der Waals surface area contributed by atoms with Gasteiger partial charge in [0, 0.05) is 20.6 Å². The first-order valence-corrected chi connectivity index (χ1v) is 4.63. The normalized spacial score (nSPS) is 9.44. The Balaban J connectivity index is 4.10. The lowest BCUT2D eigenvalue weighted by atomic mass is 10.4. The van der Waals surface area contributed by atoms with Crippen molar-refractivity contribution >= 4 is 18.0 Å². The van der Waals surface area contributed by atoms with Crippen LogP contribution in [0, 0.1) is 0 Å². The summed E-state index contributed by atoms with van der Waals surface area (Å²) in [6.45, 7) is -0.0631. The second kappa shape index (κ2) is 6.65. The van der Waals surface area contributed by atoms with Gasteiger partial charge in [-0.25, -0.2) is 4.79 Å². The summed E-state index contributed by atoms with van der Waals surface area (Å²) >= 11 is 0. The van der Waals surface area contributed by atoms with Crippen molar-refractivity contribution in [1.29, 1.82) is 0 Å². The molecule has 7 heteroatoms. The van der Waals surface area contributed by atoms with Crippen molar-refractivity contribution in [2.24, 2.45) is 0 Å². The van der Waals surface area contributed by atoms with Crippen LogP contribution in [0.2, 0.25) is 0 Å². The Hall–Kier alpha value is -1.79. The number of hydrogen-bond donors (Lipinski definition) is 1. The molecule has 92 valence electrons. The number of carbonyl (C=O) groups is 3. The SMILES string of the molecule is COC(=O)CN(C)C(=O)N(C)CCC(=O)O. The number of ether oxygens (including phenoxy) is 1. The van der Waals surface area contributed by atoms with Gasteiger partial charge in [0.05, 0.1) is 13.5 Å². The molecule has 0 aromatic carbocycles. The van der Waals surface area contributed by atoms with Crippen molar-refractivity contribution in [3.8, 4) is 0 Å². The first-order chi connectivity index (χ1) is 7.38. The van der Waals surface area contributed by atoms with Crippen molar-refractivity contribution in [3.05, 3.63) is 0 Å². The number of hydrogen-bond acceptors (Lipinski definition) is 4. The summed E-state index contributed by atoms with van der Waals surface area (Å²) in [7, 11) is 4.14. The number of amides is 2. The number of carboxylic acid groups (broad SMARTS) is 1. The lowest BCUT2D eigenvalue weighted by Gasteiger charge is -2.23. The van der Waals surface area contributed by atoms with Gasteiger partial charge in [-0.15, -0.1) is 0 Å². The highest BCUT2D eigenvalue weighted by molar-refractivity contribution is 5.80. The molecule has 16 heavy (non-hydrogen) atoms. The number of likely N-dealkylation sites (N-methyl/N-ethyl adjacent to an activating group) is 1. The highest BCUT2D eigenvalue weighted by Gasteiger charge is 2.17. The van der Waals surface area contributed by atoms with Gasteiger partial charge in [-0.05, 0) is 0 Å². The molecule has 0 saturated carbocycles. The molecule has 0 atom stereocenters. The fraction of sp³-hybridized carbons (Fsp3) is 0.667. The van der Waals surface area contributed by atoms with Gasteiger partial charge >= 0.3 is 18.0 Å². The summed E-state index contributed by atoms with van der Waals surface area (Å²) in [6.07, 6.45) is -0.131. The molecule has 0 aliphatic rings. The summed E-state index contributed by atoms with van der Waals surface area (Å²) in [5, 5.41) is 8.44. The zero-order chi connectivity index (χ0) is 12.7. The minimum absolute atomic E-state index is 0.0969. The minimum Gasteiger partial charge on any atom is -0.481 e. The first-order valence-electron chi connectivity index (χ1n) is 4.63. The summed E-state index contributed by atoms with van der Waals surface area (Å²) in [6, 6.07) is -0.424. The molecule has 0 fully saturated rings. The van der Waals surface area contributed by atoms with Crippen LogP contribution in [0.15, 0.2) is 0 Å². The fourth-order valence-electron chi connectivity index (χ4n) is 0.976. The van der Waals surface area contributed by atoms with Crippen LogP contribution in [0.5, 0.6) is 0 Å². The maximum absolute atomic E-state index is 11.6. The highest BCUT2D eigenvalue weighted by Crippen LogP contribution is 1.96. The number of nitrogens with zero attached hydrogens (tertiary/aromatic N) is 2.